The lowest BCUT2D eigenvalue weighted by Crippen LogP contribution is -2.08. The molecule has 2 nitrogen and oxygen atoms in total. The predicted molar refractivity (Wildman–Crippen MR) is 75.5 cm³/mol. The van der Waals surface area contributed by atoms with Gasteiger partial charge in [0.1, 0.15) is 11.7 Å². The quantitative estimate of drug-likeness (QED) is 0.705. The molecule has 0 bridgehead atoms. The van der Waals surface area contributed by atoms with Crippen LogP contribution in [0.5, 0.6) is 0 Å². The first kappa shape index (κ1) is 11.6. The van der Waals surface area contributed by atoms with Crippen molar-refractivity contribution in [3.05, 3.63) is 102 Å². The Morgan fingerprint density at radius 3 is 1.53 bits per heavy atom. The minimum absolute atomic E-state index is 0.750. The van der Waals surface area contributed by atoms with Crippen molar-refractivity contribution in [2.75, 3.05) is 0 Å². The minimum atomic E-state index is 0.750. The smallest absolute Gasteiger partial charge is 0.144 e. The van der Waals surface area contributed by atoms with Crippen molar-refractivity contribution in [1.82, 2.24) is 9.97 Å². The molecule has 2 heteroatoms. The van der Waals surface area contributed by atoms with Gasteiger partial charge in [0.25, 0.3) is 0 Å². The van der Waals surface area contributed by atoms with E-state index in [4.69, 9.17) is 0 Å². The van der Waals surface area contributed by atoms with Crippen LogP contribution in [-0.2, 0) is 0 Å². The van der Waals surface area contributed by atoms with Crippen LogP contribution in [0.1, 0.15) is 17.0 Å². The second kappa shape index (κ2) is 5.44. The Labute approximate surface area is 112 Å². The highest BCUT2D eigenvalue weighted by Crippen LogP contribution is 2.27. The fraction of sp³-hybridized carbons (Fsp3) is 0. The van der Waals surface area contributed by atoms with Gasteiger partial charge in [-0.1, -0.05) is 60.7 Å². The molecule has 0 aliphatic rings. The lowest BCUT2D eigenvalue weighted by molar-refractivity contribution is 1.01. The summed E-state index contributed by atoms with van der Waals surface area (Å²) < 4.78 is 0. The molecule has 0 atom stereocenters. The van der Waals surface area contributed by atoms with Crippen molar-refractivity contribution in [1.29, 1.82) is 0 Å². The van der Waals surface area contributed by atoms with Gasteiger partial charge in [0.15, 0.2) is 0 Å². The average Bonchev–Trinajstić information content (AvgIpc) is 2.51. The molecular formula is C17H13N2. The van der Waals surface area contributed by atoms with E-state index in [1.807, 2.05) is 42.5 Å². The summed E-state index contributed by atoms with van der Waals surface area (Å²) in [6.07, 6.45) is 3.54. The van der Waals surface area contributed by atoms with Crippen LogP contribution in [-0.4, -0.2) is 9.97 Å². The lowest BCUT2D eigenvalue weighted by atomic mass is 9.90. The summed E-state index contributed by atoms with van der Waals surface area (Å²) >= 11 is 0. The molecule has 0 aliphatic heterocycles. The van der Waals surface area contributed by atoms with Crippen LogP contribution in [0.2, 0.25) is 0 Å². The summed E-state index contributed by atoms with van der Waals surface area (Å²) in [6.45, 7) is 0. The molecule has 1 heterocycles. The number of rotatable bonds is 3. The van der Waals surface area contributed by atoms with Gasteiger partial charge in [0, 0.05) is 12.4 Å². The number of hydrogen-bond acceptors (Lipinski definition) is 2. The SMILES string of the molecule is c1ccc([C](c2ccccc2)c2ncccn2)cc1. The van der Waals surface area contributed by atoms with Crippen LogP contribution >= 0.6 is 0 Å². The van der Waals surface area contributed by atoms with Crippen molar-refractivity contribution in [3.8, 4) is 0 Å². The third-order valence-corrected chi connectivity index (χ3v) is 2.91. The summed E-state index contributed by atoms with van der Waals surface area (Å²) in [4.78, 5) is 8.77. The molecule has 19 heavy (non-hydrogen) atoms. The fourth-order valence-electron chi connectivity index (χ4n) is 2.06. The zero-order valence-corrected chi connectivity index (χ0v) is 10.4. The fourth-order valence-corrected chi connectivity index (χ4v) is 2.06. The van der Waals surface area contributed by atoms with E-state index < -0.39 is 0 Å². The maximum Gasteiger partial charge on any atom is 0.144 e. The third kappa shape index (κ3) is 2.52. The van der Waals surface area contributed by atoms with Crippen molar-refractivity contribution >= 4 is 0 Å². The summed E-state index contributed by atoms with van der Waals surface area (Å²) in [5, 5.41) is 0. The first-order chi connectivity index (χ1) is 9.45. The second-order valence-electron chi connectivity index (χ2n) is 4.18. The monoisotopic (exact) mass is 245 g/mol. The van der Waals surface area contributed by atoms with E-state index in [2.05, 4.69) is 34.2 Å². The molecule has 3 aromatic rings. The highest BCUT2D eigenvalue weighted by Gasteiger charge is 2.19. The number of nitrogens with zero attached hydrogens (tertiary/aromatic N) is 2. The van der Waals surface area contributed by atoms with Gasteiger partial charge in [-0.3, -0.25) is 0 Å². The average molecular weight is 245 g/mol. The zero-order chi connectivity index (χ0) is 12.9. The molecule has 3 rings (SSSR count). The molecule has 1 radical (unpaired) electrons. The molecule has 0 N–H and O–H groups in total. The van der Waals surface area contributed by atoms with E-state index in [9.17, 15) is 0 Å². The van der Waals surface area contributed by atoms with Crippen molar-refractivity contribution in [3.63, 3.8) is 0 Å². The van der Waals surface area contributed by atoms with Gasteiger partial charge < -0.3 is 0 Å². The van der Waals surface area contributed by atoms with Gasteiger partial charge in [-0.05, 0) is 17.2 Å². The van der Waals surface area contributed by atoms with Gasteiger partial charge in [0.2, 0.25) is 0 Å². The van der Waals surface area contributed by atoms with Crippen LogP contribution in [0.15, 0.2) is 79.1 Å². The van der Waals surface area contributed by atoms with Crippen LogP contribution in [0.25, 0.3) is 0 Å². The summed E-state index contributed by atoms with van der Waals surface area (Å²) in [6, 6.07) is 22.3. The zero-order valence-electron chi connectivity index (χ0n) is 10.4. The first-order valence-electron chi connectivity index (χ1n) is 6.20. The second-order valence-corrected chi connectivity index (χ2v) is 4.18. The maximum atomic E-state index is 4.38. The molecule has 2 aromatic carbocycles. The van der Waals surface area contributed by atoms with Gasteiger partial charge in [0.05, 0.1) is 0 Å². The lowest BCUT2D eigenvalue weighted by Gasteiger charge is -2.15. The largest absolute Gasteiger partial charge is 0.240 e. The molecule has 0 spiro atoms. The topological polar surface area (TPSA) is 25.8 Å². The molecule has 0 amide bonds. The minimum Gasteiger partial charge on any atom is -0.240 e. The summed E-state index contributed by atoms with van der Waals surface area (Å²) in [5.41, 5.74) is 2.25. The van der Waals surface area contributed by atoms with Crippen molar-refractivity contribution < 1.29 is 0 Å². The molecular weight excluding hydrogens is 232 g/mol. The van der Waals surface area contributed by atoms with E-state index in [1.165, 1.54) is 0 Å². The molecule has 0 saturated heterocycles. The predicted octanol–water partition coefficient (Wildman–Crippen LogP) is 3.50. The number of hydrogen-bond donors (Lipinski definition) is 0. The van der Waals surface area contributed by atoms with Crippen LogP contribution in [0.3, 0.4) is 0 Å². The standard InChI is InChI=1S/C17H13N2/c1-3-8-14(9-4-1)16(15-10-5-2-6-11-15)17-18-12-7-13-19-17/h1-13H. The van der Waals surface area contributed by atoms with E-state index in [0.29, 0.717) is 0 Å². The number of aromatic nitrogens is 2. The molecule has 0 unspecified atom stereocenters. The molecule has 0 saturated carbocycles. The van der Waals surface area contributed by atoms with Crippen LogP contribution in [0.4, 0.5) is 0 Å². The van der Waals surface area contributed by atoms with Crippen molar-refractivity contribution in [2.24, 2.45) is 0 Å². The van der Waals surface area contributed by atoms with Gasteiger partial charge in [-0.15, -0.1) is 0 Å². The van der Waals surface area contributed by atoms with Gasteiger partial charge in [-0.2, -0.15) is 0 Å². The highest BCUT2D eigenvalue weighted by atomic mass is 14.9. The van der Waals surface area contributed by atoms with Gasteiger partial charge >= 0.3 is 0 Å². The third-order valence-electron chi connectivity index (χ3n) is 2.91. The van der Waals surface area contributed by atoms with E-state index in [0.717, 1.165) is 22.9 Å². The first-order valence-corrected chi connectivity index (χ1v) is 6.20. The van der Waals surface area contributed by atoms with Gasteiger partial charge in [-0.25, -0.2) is 9.97 Å². The Balaban J connectivity index is 2.12. The van der Waals surface area contributed by atoms with E-state index >= 15 is 0 Å². The summed E-state index contributed by atoms with van der Waals surface area (Å²) in [7, 11) is 0. The number of benzene rings is 2. The van der Waals surface area contributed by atoms with Crippen LogP contribution < -0.4 is 0 Å². The molecule has 1 aromatic heterocycles. The Kier molecular flexibility index (Phi) is 3.32. The van der Waals surface area contributed by atoms with E-state index in [-0.39, 0.29) is 0 Å². The molecule has 0 aliphatic carbocycles. The van der Waals surface area contributed by atoms with E-state index in [1.54, 1.807) is 12.4 Å². The Morgan fingerprint density at radius 1 is 0.579 bits per heavy atom. The Bertz CT molecular complexity index is 527. The summed E-state index contributed by atoms with van der Waals surface area (Å²) in [5.74, 6) is 1.81. The highest BCUT2D eigenvalue weighted by molar-refractivity contribution is 5.52. The Hall–Kier alpha value is -2.48. The normalized spacial score (nSPS) is 10.6. The van der Waals surface area contributed by atoms with Crippen molar-refractivity contribution in [2.45, 2.75) is 0 Å². The maximum absolute atomic E-state index is 4.38. The molecule has 91 valence electrons. The Morgan fingerprint density at radius 2 is 1.05 bits per heavy atom. The molecule has 0 fully saturated rings. The van der Waals surface area contributed by atoms with Crippen LogP contribution in [0, 0.1) is 5.92 Å².